The first-order valence-corrected chi connectivity index (χ1v) is 14.2. The van der Waals surface area contributed by atoms with Crippen molar-refractivity contribution in [2.24, 2.45) is 5.73 Å². The second-order valence-electron chi connectivity index (χ2n) is 11.2. The fourth-order valence-corrected chi connectivity index (χ4v) is 5.62. The van der Waals surface area contributed by atoms with Crippen LogP contribution >= 0.6 is 0 Å². The molecule has 5 rings (SSSR count). The first-order chi connectivity index (χ1) is 18.9. The number of nitrogens with zero attached hydrogens (tertiary/aromatic N) is 2. The number of pyridine rings is 1. The minimum Gasteiger partial charge on any atom is -0.383 e. The third-order valence-corrected chi connectivity index (χ3v) is 8.29. The summed E-state index contributed by atoms with van der Waals surface area (Å²) in [4.78, 5) is 20.1. The summed E-state index contributed by atoms with van der Waals surface area (Å²) in [6.45, 7) is 7.78. The number of piperidine rings is 1. The topological polar surface area (TPSA) is 106 Å². The Labute approximate surface area is 231 Å². The number of nitrogens with two attached hydrogens (primary N) is 2. The summed E-state index contributed by atoms with van der Waals surface area (Å²) in [6.07, 6.45) is 6.67. The van der Waals surface area contributed by atoms with Gasteiger partial charge >= 0.3 is 0 Å². The summed E-state index contributed by atoms with van der Waals surface area (Å²) < 4.78 is 6.26. The number of likely N-dealkylation sites (tertiary alicyclic amines) is 1. The molecule has 7 heteroatoms. The number of benzene rings is 2. The van der Waals surface area contributed by atoms with Gasteiger partial charge in [-0.25, -0.2) is 4.98 Å². The molecule has 1 saturated carbocycles. The quantitative estimate of drug-likeness (QED) is 0.391. The molecule has 2 aliphatic rings. The van der Waals surface area contributed by atoms with Gasteiger partial charge in [-0.2, -0.15) is 0 Å². The lowest BCUT2D eigenvalue weighted by molar-refractivity contribution is 0.0272. The Morgan fingerprint density at radius 1 is 0.974 bits per heavy atom. The first kappa shape index (κ1) is 27.3. The molecule has 1 saturated heterocycles. The van der Waals surface area contributed by atoms with Gasteiger partial charge in [-0.15, -0.1) is 0 Å². The number of aryl methyl sites for hydroxylation is 2. The number of amides is 1. The van der Waals surface area contributed by atoms with Gasteiger partial charge in [0.15, 0.2) is 0 Å². The third kappa shape index (κ3) is 6.85. The number of nitrogens with one attached hydrogen (secondary N) is 1. The minimum absolute atomic E-state index is 0.0175. The number of rotatable bonds is 8. The number of aromatic nitrogens is 1. The van der Waals surface area contributed by atoms with Crippen molar-refractivity contribution in [3.8, 4) is 11.1 Å². The molecular weight excluding hydrogens is 486 g/mol. The maximum absolute atomic E-state index is 13.3. The van der Waals surface area contributed by atoms with E-state index in [1.807, 2.05) is 6.07 Å². The smallest absolute Gasteiger partial charge is 0.255 e. The number of carbonyl (C=O) groups excluding carboxylic acids is 1. The van der Waals surface area contributed by atoms with Crippen LogP contribution in [0.4, 0.5) is 5.82 Å². The third-order valence-electron chi connectivity index (χ3n) is 8.29. The molecular formula is C32H41N5O2. The standard InChI is InChI=1S/C32H41N5O2/c1-21-6-7-24(16-22(21)2)20-39-30-5-3-4-29(30)36-32(38)28-17-26(18-35-31(28)34)25-10-8-23(9-11-25)19-37-14-12-27(33)13-15-37/h6-11,16-18,27,29-30H,3-5,12-15,19-20,33H2,1-2H3,(H2,34,35)(H,36,38)/t29-,30-/m0/s1. The van der Waals surface area contributed by atoms with Crippen LogP contribution in [0.15, 0.2) is 54.7 Å². The van der Waals surface area contributed by atoms with E-state index in [9.17, 15) is 4.79 Å². The molecule has 1 amide bonds. The van der Waals surface area contributed by atoms with Crippen molar-refractivity contribution in [2.45, 2.75) is 77.3 Å². The Kier molecular flexibility index (Phi) is 8.60. The highest BCUT2D eigenvalue weighted by atomic mass is 16.5. The van der Waals surface area contributed by atoms with Gasteiger partial charge in [-0.3, -0.25) is 9.69 Å². The highest BCUT2D eigenvalue weighted by molar-refractivity contribution is 5.99. The van der Waals surface area contributed by atoms with Crippen molar-refractivity contribution in [2.75, 3.05) is 18.8 Å². The van der Waals surface area contributed by atoms with Gasteiger partial charge in [0.2, 0.25) is 0 Å². The van der Waals surface area contributed by atoms with Crippen molar-refractivity contribution >= 4 is 11.7 Å². The lowest BCUT2D eigenvalue weighted by Gasteiger charge is -2.30. The van der Waals surface area contributed by atoms with E-state index in [1.54, 1.807) is 6.20 Å². The SMILES string of the molecule is Cc1ccc(CO[C@H]2CCC[C@@H]2NC(=O)c2cc(-c3ccc(CN4CCC(N)CC4)cc3)cnc2N)cc1C. The predicted molar refractivity (Wildman–Crippen MR) is 156 cm³/mol. The van der Waals surface area contributed by atoms with E-state index in [0.29, 0.717) is 18.2 Å². The zero-order chi connectivity index (χ0) is 27.4. The van der Waals surface area contributed by atoms with E-state index in [2.05, 4.69) is 71.5 Å². The number of ether oxygens (including phenoxy) is 1. The average Bonchev–Trinajstić information content (AvgIpc) is 3.38. The van der Waals surface area contributed by atoms with Crippen molar-refractivity contribution in [3.63, 3.8) is 0 Å². The molecule has 2 heterocycles. The normalized spacial score (nSPS) is 20.3. The molecule has 3 aromatic rings. The van der Waals surface area contributed by atoms with E-state index in [1.165, 1.54) is 16.7 Å². The van der Waals surface area contributed by atoms with Crippen LogP contribution in [0.2, 0.25) is 0 Å². The van der Waals surface area contributed by atoms with Crippen LogP contribution in [0.5, 0.6) is 0 Å². The Hall–Kier alpha value is -3.26. The second kappa shape index (κ2) is 12.3. The van der Waals surface area contributed by atoms with Crippen LogP contribution in [0.1, 0.15) is 64.7 Å². The number of hydrogen-bond acceptors (Lipinski definition) is 6. The molecule has 0 unspecified atom stereocenters. The number of anilines is 1. The highest BCUT2D eigenvalue weighted by Gasteiger charge is 2.30. The van der Waals surface area contributed by atoms with Gasteiger partial charge in [-0.05, 0) is 92.9 Å². The molecule has 0 spiro atoms. The van der Waals surface area contributed by atoms with E-state index in [-0.39, 0.29) is 23.9 Å². The first-order valence-electron chi connectivity index (χ1n) is 14.2. The molecule has 5 N–H and O–H groups in total. The summed E-state index contributed by atoms with van der Waals surface area (Å²) in [7, 11) is 0. The molecule has 39 heavy (non-hydrogen) atoms. The summed E-state index contributed by atoms with van der Waals surface area (Å²) in [5.74, 6) is 0.0372. The molecule has 1 aliphatic carbocycles. The van der Waals surface area contributed by atoms with Crippen LogP contribution in [-0.2, 0) is 17.9 Å². The lowest BCUT2D eigenvalue weighted by atomic mass is 10.0. The molecule has 2 atom stereocenters. The van der Waals surface area contributed by atoms with E-state index < -0.39 is 0 Å². The number of hydrogen-bond donors (Lipinski definition) is 3. The fraction of sp³-hybridized carbons (Fsp3) is 0.438. The van der Waals surface area contributed by atoms with E-state index in [0.717, 1.165) is 68.4 Å². The molecule has 0 bridgehead atoms. The monoisotopic (exact) mass is 527 g/mol. The van der Waals surface area contributed by atoms with E-state index in [4.69, 9.17) is 16.2 Å². The average molecular weight is 528 g/mol. The highest BCUT2D eigenvalue weighted by Crippen LogP contribution is 2.26. The van der Waals surface area contributed by atoms with Gasteiger partial charge in [0.25, 0.3) is 5.91 Å². The largest absolute Gasteiger partial charge is 0.383 e. The summed E-state index contributed by atoms with van der Waals surface area (Å²) in [5, 5.41) is 3.18. The van der Waals surface area contributed by atoms with Gasteiger partial charge in [0, 0.05) is 24.3 Å². The summed E-state index contributed by atoms with van der Waals surface area (Å²) >= 11 is 0. The van der Waals surface area contributed by atoms with Crippen LogP contribution < -0.4 is 16.8 Å². The molecule has 1 aliphatic heterocycles. The number of nitrogen functional groups attached to an aromatic ring is 1. The van der Waals surface area contributed by atoms with Crippen LogP contribution in [0.25, 0.3) is 11.1 Å². The van der Waals surface area contributed by atoms with Crippen LogP contribution in [0.3, 0.4) is 0 Å². The maximum atomic E-state index is 13.3. The van der Waals surface area contributed by atoms with Crippen molar-refractivity contribution in [1.29, 1.82) is 0 Å². The van der Waals surface area contributed by atoms with Gasteiger partial charge in [0.1, 0.15) is 5.82 Å². The predicted octanol–water partition coefficient (Wildman–Crippen LogP) is 4.74. The van der Waals surface area contributed by atoms with Crippen molar-refractivity contribution < 1.29 is 9.53 Å². The van der Waals surface area contributed by atoms with Gasteiger partial charge in [0.05, 0.1) is 24.3 Å². The Bertz CT molecular complexity index is 1280. The van der Waals surface area contributed by atoms with Crippen molar-refractivity contribution in [1.82, 2.24) is 15.2 Å². The molecule has 206 valence electrons. The van der Waals surface area contributed by atoms with E-state index >= 15 is 0 Å². The molecule has 0 radical (unpaired) electrons. The van der Waals surface area contributed by atoms with Gasteiger partial charge < -0.3 is 21.5 Å². The molecule has 1 aromatic heterocycles. The van der Waals surface area contributed by atoms with Crippen LogP contribution in [-0.4, -0.2) is 47.1 Å². The van der Waals surface area contributed by atoms with Crippen LogP contribution in [0, 0.1) is 13.8 Å². The maximum Gasteiger partial charge on any atom is 0.255 e. The second-order valence-corrected chi connectivity index (χ2v) is 11.2. The Morgan fingerprint density at radius 2 is 1.72 bits per heavy atom. The summed E-state index contributed by atoms with van der Waals surface area (Å²) in [6, 6.07) is 17.0. The minimum atomic E-state index is -0.201. The molecule has 2 fully saturated rings. The van der Waals surface area contributed by atoms with Crippen molar-refractivity contribution in [3.05, 3.63) is 82.5 Å². The molecule has 7 nitrogen and oxygen atoms in total. The summed E-state index contributed by atoms with van der Waals surface area (Å²) in [5.41, 5.74) is 19.4. The Balaban J connectivity index is 1.21. The fourth-order valence-electron chi connectivity index (χ4n) is 5.62. The van der Waals surface area contributed by atoms with Gasteiger partial charge in [-0.1, -0.05) is 42.5 Å². The zero-order valence-electron chi connectivity index (χ0n) is 23.2. The molecule has 2 aromatic carbocycles. The zero-order valence-corrected chi connectivity index (χ0v) is 23.2. The number of carbonyl (C=O) groups is 1. The Morgan fingerprint density at radius 3 is 2.46 bits per heavy atom. The lowest BCUT2D eigenvalue weighted by Crippen LogP contribution is -2.41.